The van der Waals surface area contributed by atoms with Crippen LogP contribution in [0.5, 0.6) is 5.75 Å². The van der Waals surface area contributed by atoms with Gasteiger partial charge in [0.2, 0.25) is 11.8 Å². The van der Waals surface area contributed by atoms with Crippen LogP contribution in [0.15, 0.2) is 89.5 Å². The number of nitrogens with zero attached hydrogens (tertiary/aromatic N) is 1. The Morgan fingerprint density at radius 2 is 1.79 bits per heavy atom. The number of phenols is 1. The molecule has 2 saturated heterocycles. The number of phenolic OH excluding ortho intramolecular Hbond substituents is 1. The van der Waals surface area contributed by atoms with E-state index in [4.69, 9.17) is 9.39 Å². The Balaban J connectivity index is 1.24. The number of carbonyl (C=O) groups is 2. The smallest absolute Gasteiger partial charge is 0.455 e. The van der Waals surface area contributed by atoms with Gasteiger partial charge in [-0.25, -0.2) is 4.39 Å². The van der Waals surface area contributed by atoms with Crippen LogP contribution < -0.4 is 10.2 Å². The number of allylic oxidation sites excluding steroid dienone is 1. The van der Waals surface area contributed by atoms with Gasteiger partial charge in [0.15, 0.2) is 11.6 Å². The number of hydrogen-bond donors (Lipinski definition) is 3. The number of rotatable bonds is 11. The zero-order valence-corrected chi connectivity index (χ0v) is 26.7. The molecule has 0 radical (unpaired) electrons. The van der Waals surface area contributed by atoms with Crippen molar-refractivity contribution >= 4 is 42.1 Å². The number of methoxy groups -OCH3 is 1. The maximum absolute atomic E-state index is 14.1. The zero-order valence-electron chi connectivity index (χ0n) is 26.7. The maximum Gasteiger partial charge on any atom is 0.455 e. The lowest BCUT2D eigenvalue weighted by molar-refractivity contribution is -0.122. The number of carbonyl (C=O) groups excluding carboxylic acids is 2. The van der Waals surface area contributed by atoms with Crippen LogP contribution >= 0.6 is 0 Å². The van der Waals surface area contributed by atoms with E-state index >= 15 is 0 Å². The summed E-state index contributed by atoms with van der Waals surface area (Å²) in [5.74, 6) is -3.07. The number of nitrogens with one attached hydrogen (secondary N) is 1. The molecule has 1 aliphatic carbocycles. The van der Waals surface area contributed by atoms with E-state index in [1.807, 2.05) is 48.5 Å². The number of benzene rings is 3. The summed E-state index contributed by atoms with van der Waals surface area (Å²) in [5.41, 5.74) is 5.94. The van der Waals surface area contributed by atoms with Crippen LogP contribution in [0.25, 0.3) is 6.08 Å². The van der Waals surface area contributed by atoms with Crippen molar-refractivity contribution in [2.45, 2.75) is 51.5 Å². The minimum absolute atomic E-state index is 0.220. The van der Waals surface area contributed by atoms with Crippen LogP contribution in [-0.2, 0) is 19.0 Å². The first kappa shape index (κ1) is 32.7. The summed E-state index contributed by atoms with van der Waals surface area (Å²) >= 11 is 0. The fraction of sp³-hybridized carbons (Fsp3) is 0.351. The minimum Gasteiger partial charge on any atom is -0.505 e. The molecule has 47 heavy (non-hydrogen) atoms. The van der Waals surface area contributed by atoms with Gasteiger partial charge in [0, 0.05) is 18.5 Å². The summed E-state index contributed by atoms with van der Waals surface area (Å²) in [6.07, 6.45) is 4.92. The largest absolute Gasteiger partial charge is 0.505 e. The number of para-hydroxylation sites is 1. The number of aromatic hydroxyl groups is 1. The first-order chi connectivity index (χ1) is 22.8. The van der Waals surface area contributed by atoms with Crippen molar-refractivity contribution in [2.75, 3.05) is 23.9 Å². The summed E-state index contributed by atoms with van der Waals surface area (Å²) in [4.78, 5) is 29.3. The third-order valence-corrected chi connectivity index (χ3v) is 9.46. The second-order valence-electron chi connectivity index (χ2n) is 12.6. The molecule has 2 heterocycles. The number of amides is 2. The molecule has 2 aliphatic heterocycles. The Morgan fingerprint density at radius 1 is 1.04 bits per heavy atom. The van der Waals surface area contributed by atoms with E-state index in [0.29, 0.717) is 37.1 Å². The van der Waals surface area contributed by atoms with E-state index in [0.717, 1.165) is 40.9 Å². The third kappa shape index (κ3) is 6.91. The topological polar surface area (TPSA) is 108 Å². The normalized spacial score (nSPS) is 22.9. The van der Waals surface area contributed by atoms with E-state index < -0.39 is 36.6 Å². The predicted molar refractivity (Wildman–Crippen MR) is 180 cm³/mol. The van der Waals surface area contributed by atoms with Crippen molar-refractivity contribution in [3.8, 4) is 5.75 Å². The van der Waals surface area contributed by atoms with Gasteiger partial charge in [-0.2, -0.15) is 0 Å². The van der Waals surface area contributed by atoms with Crippen LogP contribution in [0, 0.1) is 23.6 Å². The fourth-order valence-electron chi connectivity index (χ4n) is 7.46. The predicted octanol–water partition coefficient (Wildman–Crippen LogP) is 6.89. The molecule has 3 N–H and O–H groups in total. The first-order valence-corrected chi connectivity index (χ1v) is 16.3. The van der Waals surface area contributed by atoms with Gasteiger partial charge >= 0.3 is 7.12 Å². The van der Waals surface area contributed by atoms with Gasteiger partial charge in [-0.15, -0.1) is 0 Å². The molecule has 0 saturated carbocycles. The molecular formula is C37H40BFN2O6. The van der Waals surface area contributed by atoms with Gasteiger partial charge in [0.1, 0.15) is 0 Å². The van der Waals surface area contributed by atoms with Crippen molar-refractivity contribution in [2.24, 2.45) is 17.8 Å². The Labute approximate surface area is 275 Å². The summed E-state index contributed by atoms with van der Waals surface area (Å²) in [6.45, 7) is 2.38. The Kier molecular flexibility index (Phi) is 9.91. The molecule has 244 valence electrons. The first-order valence-electron chi connectivity index (χ1n) is 16.3. The summed E-state index contributed by atoms with van der Waals surface area (Å²) in [7, 11) is 0.529. The van der Waals surface area contributed by atoms with Gasteiger partial charge in [-0.3, -0.25) is 14.5 Å². The average Bonchev–Trinajstić information content (AvgIpc) is 3.31. The molecule has 0 unspecified atom stereocenters. The molecule has 3 aliphatic rings. The van der Waals surface area contributed by atoms with Gasteiger partial charge in [-0.05, 0) is 103 Å². The van der Waals surface area contributed by atoms with Crippen LogP contribution in [-0.4, -0.2) is 48.9 Å². The van der Waals surface area contributed by atoms with Gasteiger partial charge in [0.25, 0.3) is 0 Å². The fourth-order valence-corrected chi connectivity index (χ4v) is 7.46. The van der Waals surface area contributed by atoms with Crippen LogP contribution in [0.1, 0.15) is 44.6 Å². The highest BCUT2D eigenvalue weighted by Crippen LogP contribution is 2.51. The number of anilines is 3. The van der Waals surface area contributed by atoms with Crippen LogP contribution in [0.3, 0.4) is 0 Å². The van der Waals surface area contributed by atoms with Crippen LogP contribution in [0.2, 0.25) is 6.32 Å². The molecule has 8 nitrogen and oxygen atoms in total. The molecule has 3 aromatic rings. The van der Waals surface area contributed by atoms with Gasteiger partial charge in [0.05, 0.1) is 30.2 Å². The van der Waals surface area contributed by atoms with E-state index in [1.165, 1.54) is 17.0 Å². The second kappa shape index (κ2) is 14.3. The maximum atomic E-state index is 14.1. The molecule has 3 aromatic carbocycles. The second-order valence-corrected chi connectivity index (χ2v) is 12.6. The van der Waals surface area contributed by atoms with E-state index in [-0.39, 0.29) is 24.1 Å². The highest BCUT2D eigenvalue weighted by Gasteiger charge is 2.57. The number of ether oxygens (including phenoxy) is 1. The van der Waals surface area contributed by atoms with Crippen LogP contribution in [0.4, 0.5) is 21.5 Å². The number of imide groups is 1. The Morgan fingerprint density at radius 3 is 2.49 bits per heavy atom. The van der Waals surface area contributed by atoms with Crippen molar-refractivity contribution < 1.29 is 33.5 Å². The zero-order chi connectivity index (χ0) is 33.1. The van der Waals surface area contributed by atoms with E-state index in [9.17, 15) is 24.1 Å². The Hall–Kier alpha value is -4.25. The van der Waals surface area contributed by atoms with Gasteiger partial charge in [-0.1, -0.05) is 49.3 Å². The molecule has 0 spiro atoms. The van der Waals surface area contributed by atoms with Crippen molar-refractivity contribution in [1.29, 1.82) is 0 Å². The molecule has 4 atom stereocenters. The molecule has 10 heteroatoms. The molecule has 6 rings (SSSR count). The lowest BCUT2D eigenvalue weighted by Gasteiger charge is -2.43. The standard InChI is InChI=1S/C37H40BFN2O6/c1-3-7-23(18-24-10-16-32(42)31(39)19-24)11-17-33-34-25(22-46-2)20-29-35(30(34)21-38(45)47-33)37(44)41(36(29)43)28-14-12-27(13-15-28)40-26-8-5-4-6-9-26/h4-6,8-10,12-16,18-19,29-30,33,35,40,42,45H,3,7,11,17,20-22H2,1-2H3/b23-18+/t29-,30+,33-,35-/m1/s1. The molecular weight excluding hydrogens is 598 g/mol. The highest BCUT2D eigenvalue weighted by atomic mass is 19.1. The SMILES string of the molecule is CCC/C(=C\c1ccc(O)c(F)c1)CC[C@H]1OB(O)C[C@H]2C1=C(COC)C[C@H]1C(=O)N(c3ccc(Nc4ccccc4)cc3)C(=O)[C@H]12. The van der Waals surface area contributed by atoms with E-state index in [2.05, 4.69) is 12.2 Å². The summed E-state index contributed by atoms with van der Waals surface area (Å²) in [6, 6.07) is 21.4. The monoisotopic (exact) mass is 638 g/mol. The summed E-state index contributed by atoms with van der Waals surface area (Å²) < 4.78 is 25.8. The minimum atomic E-state index is -1.08. The lowest BCUT2D eigenvalue weighted by atomic mass is 9.58. The van der Waals surface area contributed by atoms with Crippen molar-refractivity contribution in [3.63, 3.8) is 0 Å². The quantitative estimate of drug-likeness (QED) is 0.119. The van der Waals surface area contributed by atoms with Gasteiger partial charge < -0.3 is 24.8 Å². The highest BCUT2D eigenvalue weighted by molar-refractivity contribution is 6.43. The number of halogens is 1. The van der Waals surface area contributed by atoms with Crippen molar-refractivity contribution in [3.05, 3.63) is 101 Å². The number of hydrogen-bond acceptors (Lipinski definition) is 7. The number of fused-ring (bicyclic) bond motifs is 3. The molecule has 2 amide bonds. The Bertz CT molecular complexity index is 1680. The molecule has 0 bridgehead atoms. The molecule has 0 aromatic heterocycles. The average molecular weight is 639 g/mol. The van der Waals surface area contributed by atoms with Crippen molar-refractivity contribution in [1.82, 2.24) is 0 Å². The third-order valence-electron chi connectivity index (χ3n) is 9.46. The lowest BCUT2D eigenvalue weighted by Crippen LogP contribution is -2.46. The van der Waals surface area contributed by atoms with E-state index in [1.54, 1.807) is 25.3 Å². The molecule has 2 fully saturated rings. The summed E-state index contributed by atoms with van der Waals surface area (Å²) in [5, 5.41) is 23.9.